The van der Waals surface area contributed by atoms with Crippen molar-refractivity contribution in [3.63, 3.8) is 0 Å². The third-order valence-corrected chi connectivity index (χ3v) is 2.78. The molecule has 3 nitrogen and oxygen atoms in total. The molecule has 1 aromatic rings. The zero-order valence-electron chi connectivity index (χ0n) is 12.3. The van der Waals surface area contributed by atoms with Crippen molar-refractivity contribution in [2.75, 3.05) is 7.05 Å². The fourth-order valence-corrected chi connectivity index (χ4v) is 1.88. The monoisotopic (exact) mass is 257 g/mol. The maximum atomic E-state index is 4.46. The van der Waals surface area contributed by atoms with Gasteiger partial charge < -0.3 is 4.98 Å². The first-order chi connectivity index (χ1) is 9.28. The van der Waals surface area contributed by atoms with Crippen LogP contribution in [0.3, 0.4) is 0 Å². The van der Waals surface area contributed by atoms with E-state index in [2.05, 4.69) is 40.1 Å². The fraction of sp³-hybridized carbons (Fsp3) is 0.375. The van der Waals surface area contributed by atoms with Gasteiger partial charge in [-0.2, -0.15) is 0 Å². The summed E-state index contributed by atoms with van der Waals surface area (Å²) in [7, 11) is 1.78. The molecule has 0 aliphatic rings. The van der Waals surface area contributed by atoms with E-state index in [4.69, 9.17) is 0 Å². The van der Waals surface area contributed by atoms with Crippen molar-refractivity contribution in [1.82, 2.24) is 9.97 Å². The molecule has 0 unspecified atom stereocenters. The number of aromatic nitrogens is 2. The molecular weight excluding hydrogens is 234 g/mol. The van der Waals surface area contributed by atoms with E-state index in [1.165, 1.54) is 0 Å². The number of aliphatic imine (C=N–C) groups is 1. The summed E-state index contributed by atoms with van der Waals surface area (Å²) in [5.41, 5.74) is 2.18. The van der Waals surface area contributed by atoms with Gasteiger partial charge in [0, 0.05) is 18.8 Å². The van der Waals surface area contributed by atoms with Gasteiger partial charge in [0.05, 0.1) is 17.0 Å². The summed E-state index contributed by atoms with van der Waals surface area (Å²) in [5, 5.41) is 2.07. The summed E-state index contributed by atoms with van der Waals surface area (Å²) in [5.74, 6) is 0. The predicted octanol–water partition coefficient (Wildman–Crippen LogP) is 2.36. The van der Waals surface area contributed by atoms with Crippen LogP contribution in [0.2, 0.25) is 0 Å². The molecule has 0 bridgehead atoms. The number of H-pyrrole nitrogens is 1. The molecule has 0 aliphatic carbocycles. The predicted molar refractivity (Wildman–Crippen MR) is 83.6 cm³/mol. The molecule has 0 saturated heterocycles. The lowest BCUT2D eigenvalue weighted by Gasteiger charge is -2.01. The van der Waals surface area contributed by atoms with Crippen molar-refractivity contribution in [1.29, 1.82) is 0 Å². The molecule has 0 aliphatic heterocycles. The smallest absolute Gasteiger partial charge is 0.0957 e. The molecular formula is C16H23N3. The fourth-order valence-electron chi connectivity index (χ4n) is 1.88. The van der Waals surface area contributed by atoms with Gasteiger partial charge in [0.25, 0.3) is 0 Å². The second-order valence-corrected chi connectivity index (χ2v) is 4.20. The quantitative estimate of drug-likeness (QED) is 0.808. The van der Waals surface area contributed by atoms with Gasteiger partial charge in [-0.15, -0.1) is 0 Å². The van der Waals surface area contributed by atoms with Crippen molar-refractivity contribution in [2.24, 2.45) is 4.99 Å². The van der Waals surface area contributed by atoms with Crippen LogP contribution >= 0.6 is 0 Å². The normalized spacial score (nSPS) is 15.8. The molecule has 0 fully saturated rings. The molecule has 1 rings (SSSR count). The number of nitrogens with one attached hydrogen (secondary N) is 1. The molecule has 1 aromatic heterocycles. The van der Waals surface area contributed by atoms with E-state index < -0.39 is 0 Å². The van der Waals surface area contributed by atoms with Crippen LogP contribution < -0.4 is 10.7 Å². The van der Waals surface area contributed by atoms with Gasteiger partial charge in [0.15, 0.2) is 0 Å². The number of aromatic amines is 1. The maximum Gasteiger partial charge on any atom is 0.0957 e. The van der Waals surface area contributed by atoms with E-state index in [1.54, 1.807) is 13.4 Å². The minimum absolute atomic E-state index is 0.986. The van der Waals surface area contributed by atoms with Gasteiger partial charge in [-0.05, 0) is 25.8 Å². The average molecular weight is 257 g/mol. The number of hydrogen-bond donors (Lipinski definition) is 1. The highest BCUT2D eigenvalue weighted by Gasteiger charge is 2.02. The van der Waals surface area contributed by atoms with E-state index in [9.17, 15) is 0 Å². The van der Waals surface area contributed by atoms with Crippen molar-refractivity contribution >= 4 is 17.9 Å². The minimum Gasteiger partial charge on any atom is -0.345 e. The largest absolute Gasteiger partial charge is 0.345 e. The van der Waals surface area contributed by atoms with E-state index in [-0.39, 0.29) is 0 Å². The van der Waals surface area contributed by atoms with Crippen LogP contribution in [-0.4, -0.2) is 23.2 Å². The molecule has 102 valence electrons. The standard InChI is InChI=1S/C16H23N3/c1-5-8-10-15-16(19-12-18-15)14(9-6-2)13(7-3)11-17-4/h6-7,9-12H,5,8H2,1-4H3,(H,18,19)/b9-6-,13-7+,15-10-,16-14-,17-11?. The molecule has 19 heavy (non-hydrogen) atoms. The summed E-state index contributed by atoms with van der Waals surface area (Å²) in [4.78, 5) is 11.8. The molecule has 3 heteroatoms. The van der Waals surface area contributed by atoms with Crippen LogP contribution in [0.25, 0.3) is 11.6 Å². The summed E-state index contributed by atoms with van der Waals surface area (Å²) in [6.07, 6.45) is 14.2. The second kappa shape index (κ2) is 8.25. The molecule has 0 radical (unpaired) electrons. The first-order valence-electron chi connectivity index (χ1n) is 6.73. The average Bonchev–Trinajstić information content (AvgIpc) is 2.88. The van der Waals surface area contributed by atoms with Crippen molar-refractivity contribution in [3.05, 3.63) is 40.8 Å². The molecule has 1 N–H and O–H groups in total. The summed E-state index contributed by atoms with van der Waals surface area (Å²) < 4.78 is 0. The lowest BCUT2D eigenvalue weighted by atomic mass is 10.1. The van der Waals surface area contributed by atoms with E-state index in [0.717, 1.165) is 34.7 Å². The van der Waals surface area contributed by atoms with Gasteiger partial charge in [0.2, 0.25) is 0 Å². The third-order valence-electron chi connectivity index (χ3n) is 2.78. The Kier molecular flexibility index (Phi) is 6.58. The van der Waals surface area contributed by atoms with Crippen LogP contribution in [0.15, 0.2) is 35.1 Å². The Hall–Kier alpha value is -1.90. The van der Waals surface area contributed by atoms with E-state index in [1.807, 2.05) is 26.1 Å². The lowest BCUT2D eigenvalue weighted by molar-refractivity contribution is 0.987. The number of unbranched alkanes of at least 4 members (excludes halogenated alkanes) is 1. The number of rotatable bonds is 5. The van der Waals surface area contributed by atoms with Crippen molar-refractivity contribution in [2.45, 2.75) is 33.6 Å². The van der Waals surface area contributed by atoms with Gasteiger partial charge >= 0.3 is 0 Å². The van der Waals surface area contributed by atoms with Crippen LogP contribution in [0, 0.1) is 0 Å². The molecule has 0 aromatic carbocycles. The summed E-state index contributed by atoms with van der Waals surface area (Å²) in [6.45, 7) is 6.20. The zero-order chi connectivity index (χ0) is 14.1. The number of allylic oxidation sites excluding steroid dienone is 4. The zero-order valence-corrected chi connectivity index (χ0v) is 12.3. The minimum atomic E-state index is 0.986. The highest BCUT2D eigenvalue weighted by Crippen LogP contribution is 2.08. The van der Waals surface area contributed by atoms with Crippen molar-refractivity contribution < 1.29 is 0 Å². The highest BCUT2D eigenvalue weighted by atomic mass is 14.9. The Morgan fingerprint density at radius 2 is 2.21 bits per heavy atom. The molecule has 0 atom stereocenters. The third kappa shape index (κ3) is 4.05. The Morgan fingerprint density at radius 1 is 1.42 bits per heavy atom. The summed E-state index contributed by atoms with van der Waals surface area (Å²) >= 11 is 0. The van der Waals surface area contributed by atoms with Crippen LogP contribution in [0.1, 0.15) is 33.6 Å². The maximum absolute atomic E-state index is 4.46. The molecule has 0 spiro atoms. The van der Waals surface area contributed by atoms with Gasteiger partial charge in [0.1, 0.15) is 0 Å². The molecule has 1 heterocycles. The topological polar surface area (TPSA) is 41.0 Å². The highest BCUT2D eigenvalue weighted by molar-refractivity contribution is 5.98. The van der Waals surface area contributed by atoms with Crippen molar-refractivity contribution in [3.8, 4) is 0 Å². The first-order valence-corrected chi connectivity index (χ1v) is 6.73. The summed E-state index contributed by atoms with van der Waals surface area (Å²) in [6, 6.07) is 0. The lowest BCUT2D eigenvalue weighted by Crippen LogP contribution is -2.27. The second-order valence-electron chi connectivity index (χ2n) is 4.20. The SMILES string of the molecule is C\C=C/C(C(/C=NC)=C/C)=c1/nc[nH]/c1=C\CCC. The van der Waals surface area contributed by atoms with Gasteiger partial charge in [-0.1, -0.05) is 37.6 Å². The van der Waals surface area contributed by atoms with E-state index >= 15 is 0 Å². The Bertz CT molecular complexity index is 586. The van der Waals surface area contributed by atoms with Gasteiger partial charge in [-0.3, -0.25) is 4.99 Å². The molecule has 0 amide bonds. The Labute approximate surface area is 115 Å². The number of nitrogens with zero attached hydrogens (tertiary/aromatic N) is 2. The molecule has 0 saturated carbocycles. The Morgan fingerprint density at radius 3 is 2.79 bits per heavy atom. The first kappa shape index (κ1) is 15.2. The number of hydrogen-bond acceptors (Lipinski definition) is 2. The number of imidazole rings is 1. The van der Waals surface area contributed by atoms with Crippen LogP contribution in [-0.2, 0) is 0 Å². The van der Waals surface area contributed by atoms with Crippen LogP contribution in [0.4, 0.5) is 0 Å². The van der Waals surface area contributed by atoms with Crippen LogP contribution in [0.5, 0.6) is 0 Å². The van der Waals surface area contributed by atoms with Gasteiger partial charge in [-0.25, -0.2) is 4.98 Å². The Balaban J connectivity index is 3.55. The van der Waals surface area contributed by atoms with E-state index in [0.29, 0.717) is 0 Å².